The zero-order chi connectivity index (χ0) is 13.9. The van der Waals surface area contributed by atoms with E-state index in [4.69, 9.17) is 4.74 Å². The number of nitro groups is 1. The van der Waals surface area contributed by atoms with E-state index in [1.807, 2.05) is 6.07 Å². The Hall–Kier alpha value is -2.21. The Kier molecular flexibility index (Phi) is 3.47. The van der Waals surface area contributed by atoms with Gasteiger partial charge in [0.15, 0.2) is 5.75 Å². The van der Waals surface area contributed by atoms with Crippen molar-refractivity contribution in [1.29, 1.82) is 0 Å². The molecule has 1 N–H and O–H groups in total. The summed E-state index contributed by atoms with van der Waals surface area (Å²) in [7, 11) is 0. The number of benzene rings is 1. The fourth-order valence-corrected chi connectivity index (χ4v) is 2.51. The van der Waals surface area contributed by atoms with Crippen LogP contribution in [0.4, 0.5) is 5.69 Å². The average Bonchev–Trinajstić information content (AvgIpc) is 2.47. The van der Waals surface area contributed by atoms with Crippen LogP contribution < -0.4 is 10.1 Å². The summed E-state index contributed by atoms with van der Waals surface area (Å²) in [4.78, 5) is 15.0. The van der Waals surface area contributed by atoms with E-state index in [9.17, 15) is 10.1 Å². The number of nitrogens with zero attached hydrogens (tertiary/aromatic N) is 2. The molecule has 0 unspecified atom stereocenters. The molecule has 2 aromatic rings. The van der Waals surface area contributed by atoms with Gasteiger partial charge in [0.2, 0.25) is 0 Å². The maximum Gasteiger partial charge on any atom is 0.318 e. The summed E-state index contributed by atoms with van der Waals surface area (Å²) >= 11 is 0. The topological polar surface area (TPSA) is 77.3 Å². The van der Waals surface area contributed by atoms with Crippen molar-refractivity contribution in [3.05, 3.63) is 40.7 Å². The number of fused-ring (bicyclic) bond motifs is 1. The highest BCUT2D eigenvalue weighted by molar-refractivity contribution is 5.92. The second-order valence-electron chi connectivity index (χ2n) is 4.83. The standard InChI is InChI=1S/C14H15N3O3/c18-17(19)14-12-5-8-16-9-10(12)1-2-13(14)20-11-3-6-15-7-4-11/h1-2,5,8-9,11,15H,3-4,6-7H2. The zero-order valence-corrected chi connectivity index (χ0v) is 10.9. The van der Waals surface area contributed by atoms with Crippen LogP contribution in [0, 0.1) is 10.1 Å². The number of nitrogens with one attached hydrogen (secondary N) is 1. The molecule has 1 aromatic heterocycles. The van der Waals surface area contributed by atoms with Crippen LogP contribution in [0.15, 0.2) is 30.6 Å². The summed E-state index contributed by atoms with van der Waals surface area (Å²) in [5.41, 5.74) is 0.0310. The molecular weight excluding hydrogens is 258 g/mol. The van der Waals surface area contributed by atoms with Crippen molar-refractivity contribution >= 4 is 16.5 Å². The van der Waals surface area contributed by atoms with Gasteiger partial charge >= 0.3 is 5.69 Å². The van der Waals surface area contributed by atoms with Crippen molar-refractivity contribution in [2.75, 3.05) is 13.1 Å². The van der Waals surface area contributed by atoms with Gasteiger partial charge in [-0.1, -0.05) is 0 Å². The molecule has 1 aliphatic heterocycles. The molecule has 3 rings (SSSR count). The first kappa shape index (κ1) is 12.8. The van der Waals surface area contributed by atoms with Gasteiger partial charge in [-0.05, 0) is 44.1 Å². The second-order valence-corrected chi connectivity index (χ2v) is 4.83. The summed E-state index contributed by atoms with van der Waals surface area (Å²) in [5, 5.41) is 15.9. The van der Waals surface area contributed by atoms with Crippen molar-refractivity contribution in [3.63, 3.8) is 0 Å². The van der Waals surface area contributed by atoms with Gasteiger partial charge in [-0.15, -0.1) is 0 Å². The lowest BCUT2D eigenvalue weighted by atomic mass is 10.1. The lowest BCUT2D eigenvalue weighted by Gasteiger charge is -2.23. The molecule has 1 aliphatic rings. The summed E-state index contributed by atoms with van der Waals surface area (Å²) in [6, 6.07) is 5.14. The number of hydrogen-bond donors (Lipinski definition) is 1. The Morgan fingerprint density at radius 1 is 1.30 bits per heavy atom. The van der Waals surface area contributed by atoms with Crippen molar-refractivity contribution in [2.45, 2.75) is 18.9 Å². The minimum absolute atomic E-state index is 0.0310. The first-order chi connectivity index (χ1) is 9.75. The Morgan fingerprint density at radius 3 is 2.85 bits per heavy atom. The van der Waals surface area contributed by atoms with Crippen LogP contribution in [0.1, 0.15) is 12.8 Å². The number of pyridine rings is 1. The fourth-order valence-electron chi connectivity index (χ4n) is 2.51. The third-order valence-corrected chi connectivity index (χ3v) is 3.52. The molecule has 1 aromatic carbocycles. The van der Waals surface area contributed by atoms with Gasteiger partial charge < -0.3 is 10.1 Å². The summed E-state index contributed by atoms with van der Waals surface area (Å²) in [6.07, 6.45) is 4.95. The molecule has 2 heterocycles. The SMILES string of the molecule is O=[N+]([O-])c1c(OC2CCNCC2)ccc2cnccc12. The van der Waals surface area contributed by atoms with E-state index < -0.39 is 0 Å². The molecule has 0 spiro atoms. The van der Waals surface area contributed by atoms with Crippen molar-refractivity contribution in [2.24, 2.45) is 0 Å². The largest absolute Gasteiger partial charge is 0.483 e. The molecule has 0 aliphatic carbocycles. The average molecular weight is 273 g/mol. The molecule has 0 radical (unpaired) electrons. The maximum absolute atomic E-state index is 11.4. The highest BCUT2D eigenvalue weighted by Gasteiger charge is 2.23. The van der Waals surface area contributed by atoms with E-state index in [1.165, 1.54) is 0 Å². The van der Waals surface area contributed by atoms with Gasteiger partial charge in [-0.25, -0.2) is 0 Å². The molecule has 0 amide bonds. The monoisotopic (exact) mass is 273 g/mol. The van der Waals surface area contributed by atoms with Crippen LogP contribution in [0.5, 0.6) is 5.75 Å². The minimum Gasteiger partial charge on any atom is -0.483 e. The Morgan fingerprint density at radius 2 is 2.10 bits per heavy atom. The van der Waals surface area contributed by atoms with E-state index in [-0.39, 0.29) is 16.7 Å². The summed E-state index contributed by atoms with van der Waals surface area (Å²) in [5.74, 6) is 0.348. The second kappa shape index (κ2) is 5.42. The molecule has 0 bridgehead atoms. The molecule has 20 heavy (non-hydrogen) atoms. The number of piperidine rings is 1. The van der Waals surface area contributed by atoms with Gasteiger partial charge in [0, 0.05) is 17.8 Å². The molecule has 104 valence electrons. The molecule has 1 saturated heterocycles. The summed E-state index contributed by atoms with van der Waals surface area (Å²) < 4.78 is 5.85. The highest BCUT2D eigenvalue weighted by Crippen LogP contribution is 2.35. The smallest absolute Gasteiger partial charge is 0.318 e. The Labute approximate surface area is 115 Å². The first-order valence-electron chi connectivity index (χ1n) is 6.64. The first-order valence-corrected chi connectivity index (χ1v) is 6.64. The Balaban J connectivity index is 2.01. The number of rotatable bonds is 3. The van der Waals surface area contributed by atoms with Gasteiger partial charge in [0.25, 0.3) is 0 Å². The molecule has 0 atom stereocenters. The van der Waals surface area contributed by atoms with Gasteiger partial charge in [0.1, 0.15) is 6.10 Å². The maximum atomic E-state index is 11.4. The van der Waals surface area contributed by atoms with Crippen molar-refractivity contribution in [3.8, 4) is 5.75 Å². The molecule has 6 heteroatoms. The summed E-state index contributed by atoms with van der Waals surface area (Å²) in [6.45, 7) is 1.77. The van der Waals surface area contributed by atoms with Crippen LogP contribution in [0.25, 0.3) is 10.8 Å². The third-order valence-electron chi connectivity index (χ3n) is 3.52. The van der Waals surface area contributed by atoms with E-state index in [0.717, 1.165) is 31.3 Å². The van der Waals surface area contributed by atoms with Crippen molar-refractivity contribution < 1.29 is 9.66 Å². The minimum atomic E-state index is -0.376. The van der Waals surface area contributed by atoms with Crippen LogP contribution >= 0.6 is 0 Å². The zero-order valence-electron chi connectivity index (χ0n) is 10.9. The van der Waals surface area contributed by atoms with E-state index >= 15 is 0 Å². The molecule has 0 saturated carbocycles. The fraction of sp³-hybridized carbons (Fsp3) is 0.357. The van der Waals surface area contributed by atoms with Gasteiger partial charge in [-0.3, -0.25) is 15.1 Å². The van der Waals surface area contributed by atoms with Gasteiger partial charge in [0.05, 0.1) is 10.3 Å². The Bertz CT molecular complexity index is 639. The lowest BCUT2D eigenvalue weighted by molar-refractivity contribution is -0.384. The van der Waals surface area contributed by atoms with Crippen LogP contribution in [0.2, 0.25) is 0 Å². The predicted octanol–water partition coefficient (Wildman–Crippen LogP) is 2.27. The quantitative estimate of drug-likeness (QED) is 0.685. The number of ether oxygens (including phenoxy) is 1. The number of nitro benzene ring substituents is 1. The molecular formula is C14H15N3O3. The van der Waals surface area contributed by atoms with E-state index in [0.29, 0.717) is 11.1 Å². The third kappa shape index (κ3) is 2.42. The van der Waals surface area contributed by atoms with Gasteiger partial charge in [-0.2, -0.15) is 0 Å². The lowest BCUT2D eigenvalue weighted by Crippen LogP contribution is -2.34. The molecule has 6 nitrogen and oxygen atoms in total. The van der Waals surface area contributed by atoms with Crippen LogP contribution in [0.3, 0.4) is 0 Å². The predicted molar refractivity (Wildman–Crippen MR) is 74.9 cm³/mol. The van der Waals surface area contributed by atoms with Crippen LogP contribution in [-0.2, 0) is 0 Å². The normalized spacial score (nSPS) is 16.2. The van der Waals surface area contributed by atoms with E-state index in [1.54, 1.807) is 24.5 Å². The van der Waals surface area contributed by atoms with E-state index in [2.05, 4.69) is 10.3 Å². The van der Waals surface area contributed by atoms with Crippen LogP contribution in [-0.4, -0.2) is 29.1 Å². The number of aromatic nitrogens is 1. The van der Waals surface area contributed by atoms with Crippen molar-refractivity contribution in [1.82, 2.24) is 10.3 Å². The molecule has 1 fully saturated rings. The number of hydrogen-bond acceptors (Lipinski definition) is 5. The highest BCUT2D eigenvalue weighted by atomic mass is 16.6.